The van der Waals surface area contributed by atoms with Crippen molar-refractivity contribution in [2.24, 2.45) is 11.3 Å². The lowest BCUT2D eigenvalue weighted by atomic mass is 10.1. The number of hydrogen-bond acceptors (Lipinski definition) is 3. The van der Waals surface area contributed by atoms with E-state index in [0.29, 0.717) is 6.61 Å². The zero-order valence-electron chi connectivity index (χ0n) is 5.67. The predicted molar refractivity (Wildman–Crippen MR) is 34.1 cm³/mol. The Balaban J connectivity index is 2.30. The number of carboxylic acids is 1. The van der Waals surface area contributed by atoms with E-state index in [1.165, 1.54) is 0 Å². The van der Waals surface area contributed by atoms with Crippen LogP contribution in [0, 0.1) is 5.41 Å². The second-order valence-electron chi connectivity index (χ2n) is 2.88. The zero-order chi connectivity index (χ0) is 7.61. The molecule has 1 rings (SSSR count). The van der Waals surface area contributed by atoms with E-state index in [2.05, 4.69) is 4.84 Å². The molecule has 1 saturated carbocycles. The number of hydrogen-bond donors (Lipinski definition) is 2. The van der Waals surface area contributed by atoms with Crippen molar-refractivity contribution in [3.8, 4) is 0 Å². The number of nitrogens with two attached hydrogens (primary N) is 1. The first-order chi connectivity index (χ1) is 4.68. The average Bonchev–Trinajstić information content (AvgIpc) is 2.47. The van der Waals surface area contributed by atoms with Crippen LogP contribution in [0.2, 0.25) is 0 Å². The fourth-order valence-corrected chi connectivity index (χ4v) is 1.05. The van der Waals surface area contributed by atoms with Crippen LogP contribution in [0.5, 0.6) is 0 Å². The summed E-state index contributed by atoms with van der Waals surface area (Å²) in [4.78, 5) is 14.6. The maximum absolute atomic E-state index is 10.2. The van der Waals surface area contributed by atoms with Crippen LogP contribution < -0.4 is 5.90 Å². The predicted octanol–water partition coefficient (Wildman–Crippen LogP) is 0.132. The van der Waals surface area contributed by atoms with E-state index in [0.717, 1.165) is 12.8 Å². The first-order valence-corrected chi connectivity index (χ1v) is 3.22. The molecule has 0 aromatic rings. The van der Waals surface area contributed by atoms with Gasteiger partial charge in [-0.1, -0.05) is 0 Å². The van der Waals surface area contributed by atoms with E-state index < -0.39 is 5.97 Å². The van der Waals surface area contributed by atoms with Gasteiger partial charge in [-0.15, -0.1) is 0 Å². The highest BCUT2D eigenvalue weighted by molar-refractivity contribution is 5.68. The smallest absolute Gasteiger partial charge is 0.303 e. The van der Waals surface area contributed by atoms with Gasteiger partial charge in [0.25, 0.3) is 0 Å². The monoisotopic (exact) mass is 145 g/mol. The first kappa shape index (κ1) is 7.50. The lowest BCUT2D eigenvalue weighted by molar-refractivity contribution is -0.139. The quantitative estimate of drug-likeness (QED) is 0.551. The Kier molecular flexibility index (Phi) is 1.92. The fourth-order valence-electron chi connectivity index (χ4n) is 1.05. The van der Waals surface area contributed by atoms with Gasteiger partial charge < -0.3 is 9.94 Å². The van der Waals surface area contributed by atoms with E-state index in [-0.39, 0.29) is 11.8 Å². The van der Waals surface area contributed by atoms with Crippen molar-refractivity contribution in [3.63, 3.8) is 0 Å². The van der Waals surface area contributed by atoms with Gasteiger partial charge in [0.05, 0.1) is 13.0 Å². The largest absolute Gasteiger partial charge is 0.481 e. The molecule has 0 heterocycles. The number of rotatable bonds is 4. The summed E-state index contributed by atoms with van der Waals surface area (Å²) < 4.78 is 0. The van der Waals surface area contributed by atoms with Crippen LogP contribution in [0.25, 0.3) is 0 Å². The molecule has 0 aromatic carbocycles. The molecular formula is C6H11NO3. The van der Waals surface area contributed by atoms with Crippen molar-refractivity contribution >= 4 is 5.97 Å². The third-order valence-corrected chi connectivity index (χ3v) is 1.87. The molecule has 1 aliphatic carbocycles. The highest BCUT2D eigenvalue weighted by Gasteiger charge is 2.44. The molecule has 4 heteroatoms. The molecule has 10 heavy (non-hydrogen) atoms. The average molecular weight is 145 g/mol. The Hall–Kier alpha value is -0.610. The van der Waals surface area contributed by atoms with Crippen molar-refractivity contribution in [1.29, 1.82) is 0 Å². The topological polar surface area (TPSA) is 72.5 Å². The van der Waals surface area contributed by atoms with Crippen LogP contribution >= 0.6 is 0 Å². The highest BCUT2D eigenvalue weighted by atomic mass is 16.6. The molecule has 0 saturated heterocycles. The van der Waals surface area contributed by atoms with Crippen molar-refractivity contribution < 1.29 is 14.7 Å². The van der Waals surface area contributed by atoms with Crippen LogP contribution in [-0.4, -0.2) is 17.7 Å². The molecule has 0 aliphatic heterocycles. The fraction of sp³-hybridized carbons (Fsp3) is 0.833. The van der Waals surface area contributed by atoms with Crippen LogP contribution in [0.1, 0.15) is 19.3 Å². The molecule has 58 valence electrons. The number of aliphatic carboxylic acids is 1. The minimum Gasteiger partial charge on any atom is -0.481 e. The van der Waals surface area contributed by atoms with Gasteiger partial charge >= 0.3 is 5.97 Å². The number of carbonyl (C=O) groups is 1. The third-order valence-electron chi connectivity index (χ3n) is 1.87. The summed E-state index contributed by atoms with van der Waals surface area (Å²) in [5.74, 6) is 4.07. The van der Waals surface area contributed by atoms with Gasteiger partial charge in [0.2, 0.25) is 0 Å². The zero-order valence-corrected chi connectivity index (χ0v) is 5.67. The Labute approximate surface area is 58.9 Å². The van der Waals surface area contributed by atoms with Gasteiger partial charge in [0, 0.05) is 5.41 Å². The second-order valence-corrected chi connectivity index (χ2v) is 2.88. The molecule has 0 atom stereocenters. The van der Waals surface area contributed by atoms with Gasteiger partial charge in [-0.3, -0.25) is 4.79 Å². The molecule has 1 aliphatic rings. The molecule has 1 fully saturated rings. The van der Waals surface area contributed by atoms with Crippen LogP contribution in [0.4, 0.5) is 0 Å². The first-order valence-electron chi connectivity index (χ1n) is 3.22. The van der Waals surface area contributed by atoms with E-state index >= 15 is 0 Å². The molecule has 0 radical (unpaired) electrons. The van der Waals surface area contributed by atoms with Gasteiger partial charge in [0.15, 0.2) is 0 Å². The number of carboxylic acid groups (broad SMARTS) is 1. The highest BCUT2D eigenvalue weighted by Crippen LogP contribution is 2.48. The molecule has 3 N–H and O–H groups in total. The van der Waals surface area contributed by atoms with Gasteiger partial charge in [-0.25, -0.2) is 5.90 Å². The van der Waals surface area contributed by atoms with Crippen LogP contribution in [-0.2, 0) is 9.63 Å². The van der Waals surface area contributed by atoms with Crippen LogP contribution in [0.15, 0.2) is 0 Å². The lowest BCUT2D eigenvalue weighted by Gasteiger charge is -2.08. The summed E-state index contributed by atoms with van der Waals surface area (Å²) in [5.41, 5.74) is -0.124. The lowest BCUT2D eigenvalue weighted by Crippen LogP contribution is -2.17. The summed E-state index contributed by atoms with van der Waals surface area (Å²) in [6.07, 6.45) is 2.04. The normalized spacial score (nSPS) is 20.5. The Morgan fingerprint density at radius 1 is 1.70 bits per heavy atom. The maximum atomic E-state index is 10.2. The van der Waals surface area contributed by atoms with E-state index in [1.807, 2.05) is 0 Å². The van der Waals surface area contributed by atoms with E-state index in [4.69, 9.17) is 11.0 Å². The van der Waals surface area contributed by atoms with Crippen molar-refractivity contribution in [2.75, 3.05) is 6.61 Å². The molecule has 4 nitrogen and oxygen atoms in total. The van der Waals surface area contributed by atoms with Crippen LogP contribution in [0.3, 0.4) is 0 Å². The van der Waals surface area contributed by atoms with Crippen molar-refractivity contribution in [2.45, 2.75) is 19.3 Å². The second kappa shape index (κ2) is 2.56. The van der Waals surface area contributed by atoms with E-state index in [1.54, 1.807) is 0 Å². The standard InChI is InChI=1S/C6H11NO3/c7-10-4-6(1-2-6)3-5(8)9/h1-4,7H2,(H,8,9). The molecule has 0 unspecified atom stereocenters. The summed E-state index contributed by atoms with van der Waals surface area (Å²) >= 11 is 0. The molecule has 0 aromatic heterocycles. The van der Waals surface area contributed by atoms with Crippen molar-refractivity contribution in [1.82, 2.24) is 0 Å². The summed E-state index contributed by atoms with van der Waals surface area (Å²) in [5, 5.41) is 8.42. The van der Waals surface area contributed by atoms with Crippen molar-refractivity contribution in [3.05, 3.63) is 0 Å². The third kappa shape index (κ3) is 1.68. The summed E-state index contributed by atoms with van der Waals surface area (Å²) in [6.45, 7) is 0.374. The Morgan fingerprint density at radius 3 is 2.60 bits per heavy atom. The SMILES string of the molecule is NOCC1(CC(=O)O)CC1. The van der Waals surface area contributed by atoms with Gasteiger partial charge in [-0.05, 0) is 12.8 Å². The Bertz CT molecular complexity index is 142. The molecular weight excluding hydrogens is 134 g/mol. The van der Waals surface area contributed by atoms with E-state index in [9.17, 15) is 4.79 Å². The minimum atomic E-state index is -0.769. The summed E-state index contributed by atoms with van der Waals surface area (Å²) in [6, 6.07) is 0. The molecule has 0 amide bonds. The minimum absolute atomic E-state index is 0.124. The summed E-state index contributed by atoms with van der Waals surface area (Å²) in [7, 11) is 0. The molecule has 0 bridgehead atoms. The molecule has 0 spiro atoms. The van der Waals surface area contributed by atoms with Gasteiger partial charge in [0.1, 0.15) is 0 Å². The Morgan fingerprint density at radius 2 is 2.30 bits per heavy atom. The maximum Gasteiger partial charge on any atom is 0.303 e. The van der Waals surface area contributed by atoms with Gasteiger partial charge in [-0.2, -0.15) is 0 Å².